The molecule has 0 saturated heterocycles. The summed E-state index contributed by atoms with van der Waals surface area (Å²) < 4.78 is 26.9. The SMILES string of the molecule is CCNCc1sccc1S(=O)(=O)Nc1cccnn1. The Bertz CT molecular complexity index is 625. The van der Waals surface area contributed by atoms with Gasteiger partial charge in [0.25, 0.3) is 10.0 Å². The second-order valence-corrected chi connectivity index (χ2v) is 6.35. The minimum Gasteiger partial charge on any atom is -0.312 e. The molecule has 0 radical (unpaired) electrons. The fraction of sp³-hybridized carbons (Fsp3) is 0.273. The Labute approximate surface area is 115 Å². The summed E-state index contributed by atoms with van der Waals surface area (Å²) >= 11 is 1.41. The van der Waals surface area contributed by atoms with Crippen LogP contribution >= 0.6 is 11.3 Å². The third-order valence-electron chi connectivity index (χ3n) is 2.34. The number of rotatable bonds is 6. The van der Waals surface area contributed by atoms with Crippen molar-refractivity contribution in [1.82, 2.24) is 15.5 Å². The van der Waals surface area contributed by atoms with Gasteiger partial charge in [0.05, 0.1) is 0 Å². The summed E-state index contributed by atoms with van der Waals surface area (Å²) in [7, 11) is -3.61. The van der Waals surface area contributed by atoms with Gasteiger partial charge in [-0.15, -0.1) is 16.4 Å². The Morgan fingerprint density at radius 2 is 2.21 bits per heavy atom. The zero-order chi connectivity index (χ0) is 13.7. The molecule has 0 saturated carbocycles. The number of anilines is 1. The summed E-state index contributed by atoms with van der Waals surface area (Å²) in [5.74, 6) is 0.211. The highest BCUT2D eigenvalue weighted by Gasteiger charge is 2.20. The van der Waals surface area contributed by atoms with Gasteiger partial charge in [0, 0.05) is 17.6 Å². The predicted molar refractivity (Wildman–Crippen MR) is 74.5 cm³/mol. The smallest absolute Gasteiger partial charge is 0.264 e. The van der Waals surface area contributed by atoms with Crippen molar-refractivity contribution in [2.75, 3.05) is 11.3 Å². The average Bonchev–Trinajstić information content (AvgIpc) is 2.86. The van der Waals surface area contributed by atoms with E-state index in [1.165, 1.54) is 17.5 Å². The molecule has 0 bridgehead atoms. The number of hydrogen-bond donors (Lipinski definition) is 2. The highest BCUT2D eigenvalue weighted by molar-refractivity contribution is 7.92. The van der Waals surface area contributed by atoms with E-state index in [-0.39, 0.29) is 10.7 Å². The van der Waals surface area contributed by atoms with Crippen molar-refractivity contribution in [3.05, 3.63) is 34.7 Å². The van der Waals surface area contributed by atoms with E-state index in [0.29, 0.717) is 6.54 Å². The maximum absolute atomic E-state index is 12.2. The largest absolute Gasteiger partial charge is 0.312 e. The Morgan fingerprint density at radius 1 is 1.37 bits per heavy atom. The number of nitrogens with zero attached hydrogens (tertiary/aromatic N) is 2. The Morgan fingerprint density at radius 3 is 2.89 bits per heavy atom. The first-order chi connectivity index (χ1) is 9.13. The average molecular weight is 298 g/mol. The summed E-state index contributed by atoms with van der Waals surface area (Å²) in [5, 5.41) is 12.2. The standard InChI is InChI=1S/C11H14N4O2S2/c1-2-12-8-9-10(5-7-18-9)19(16,17)15-11-4-3-6-13-14-11/h3-7,12H,2,8H2,1H3,(H,14,15). The molecule has 2 aromatic rings. The van der Waals surface area contributed by atoms with Crippen molar-refractivity contribution in [3.63, 3.8) is 0 Å². The first kappa shape index (κ1) is 13.9. The molecular weight excluding hydrogens is 284 g/mol. The minimum atomic E-state index is -3.61. The van der Waals surface area contributed by atoms with E-state index in [9.17, 15) is 8.42 Å². The van der Waals surface area contributed by atoms with Gasteiger partial charge in [-0.3, -0.25) is 4.72 Å². The lowest BCUT2D eigenvalue weighted by atomic mass is 10.4. The first-order valence-electron chi connectivity index (χ1n) is 5.71. The first-order valence-corrected chi connectivity index (χ1v) is 8.07. The summed E-state index contributed by atoms with van der Waals surface area (Å²) in [6.45, 7) is 3.29. The molecular formula is C11H14N4O2S2. The van der Waals surface area contributed by atoms with E-state index in [1.54, 1.807) is 23.6 Å². The lowest BCUT2D eigenvalue weighted by molar-refractivity contribution is 0.599. The van der Waals surface area contributed by atoms with Gasteiger partial charge in [0.1, 0.15) is 4.90 Å². The van der Waals surface area contributed by atoms with Crippen LogP contribution < -0.4 is 10.0 Å². The van der Waals surface area contributed by atoms with E-state index >= 15 is 0 Å². The molecule has 6 nitrogen and oxygen atoms in total. The summed E-state index contributed by atoms with van der Waals surface area (Å²) in [5.41, 5.74) is 0. The van der Waals surface area contributed by atoms with Crippen LogP contribution in [0.25, 0.3) is 0 Å². The maximum Gasteiger partial charge on any atom is 0.264 e. The maximum atomic E-state index is 12.2. The van der Waals surface area contributed by atoms with Gasteiger partial charge in [-0.2, -0.15) is 5.10 Å². The quantitative estimate of drug-likeness (QED) is 0.843. The molecule has 0 unspecified atom stereocenters. The van der Waals surface area contributed by atoms with E-state index in [4.69, 9.17) is 0 Å². The Hall–Kier alpha value is -1.51. The lowest BCUT2D eigenvalue weighted by Crippen LogP contribution is -2.17. The second-order valence-electron chi connectivity index (χ2n) is 3.70. The second kappa shape index (κ2) is 6.09. The van der Waals surface area contributed by atoms with Crippen LogP contribution in [0.5, 0.6) is 0 Å². The van der Waals surface area contributed by atoms with Crippen LogP contribution in [-0.4, -0.2) is 25.2 Å². The Kier molecular flexibility index (Phi) is 4.46. The molecule has 0 aromatic carbocycles. The molecule has 0 spiro atoms. The molecule has 19 heavy (non-hydrogen) atoms. The van der Waals surface area contributed by atoms with Crippen molar-refractivity contribution in [2.45, 2.75) is 18.4 Å². The van der Waals surface area contributed by atoms with Crippen molar-refractivity contribution >= 4 is 27.2 Å². The van der Waals surface area contributed by atoms with Gasteiger partial charge in [-0.25, -0.2) is 8.42 Å². The van der Waals surface area contributed by atoms with Gasteiger partial charge in [0.15, 0.2) is 5.82 Å². The number of hydrogen-bond acceptors (Lipinski definition) is 6. The molecule has 0 aliphatic carbocycles. The molecule has 0 fully saturated rings. The van der Waals surface area contributed by atoms with Crippen molar-refractivity contribution in [2.24, 2.45) is 0 Å². The van der Waals surface area contributed by atoms with Crippen LogP contribution in [0.4, 0.5) is 5.82 Å². The minimum absolute atomic E-state index is 0.211. The number of nitrogens with one attached hydrogen (secondary N) is 2. The van der Waals surface area contributed by atoms with Crippen LogP contribution in [0.2, 0.25) is 0 Å². The fourth-order valence-corrected chi connectivity index (χ4v) is 3.90. The van der Waals surface area contributed by atoms with Crippen LogP contribution in [0.15, 0.2) is 34.7 Å². The molecule has 0 atom stereocenters. The third-order valence-corrected chi connectivity index (χ3v) is 4.83. The third kappa shape index (κ3) is 3.49. The number of sulfonamides is 1. The van der Waals surface area contributed by atoms with E-state index in [1.807, 2.05) is 6.92 Å². The van der Waals surface area contributed by atoms with Crippen molar-refractivity contribution in [1.29, 1.82) is 0 Å². The molecule has 2 aromatic heterocycles. The molecule has 2 heterocycles. The zero-order valence-corrected chi connectivity index (χ0v) is 12.0. The predicted octanol–water partition coefficient (Wildman–Crippen LogP) is 1.45. The summed E-state index contributed by atoms with van der Waals surface area (Å²) in [4.78, 5) is 1.06. The fourth-order valence-electron chi connectivity index (χ4n) is 1.48. The molecule has 8 heteroatoms. The Balaban J connectivity index is 2.22. The molecule has 2 rings (SSSR count). The van der Waals surface area contributed by atoms with Crippen molar-refractivity contribution in [3.8, 4) is 0 Å². The van der Waals surface area contributed by atoms with Crippen LogP contribution in [0, 0.1) is 0 Å². The highest BCUT2D eigenvalue weighted by Crippen LogP contribution is 2.23. The molecule has 2 N–H and O–H groups in total. The molecule has 102 valence electrons. The van der Waals surface area contributed by atoms with Gasteiger partial charge in [0.2, 0.25) is 0 Å². The monoisotopic (exact) mass is 298 g/mol. The van der Waals surface area contributed by atoms with Crippen LogP contribution in [-0.2, 0) is 16.6 Å². The van der Waals surface area contributed by atoms with Gasteiger partial charge >= 0.3 is 0 Å². The van der Waals surface area contributed by atoms with Crippen LogP contribution in [0.3, 0.4) is 0 Å². The van der Waals surface area contributed by atoms with Crippen LogP contribution in [0.1, 0.15) is 11.8 Å². The van der Waals surface area contributed by atoms with Gasteiger partial charge in [-0.1, -0.05) is 6.92 Å². The van der Waals surface area contributed by atoms with E-state index in [0.717, 1.165) is 11.4 Å². The lowest BCUT2D eigenvalue weighted by Gasteiger charge is -2.07. The molecule has 0 aliphatic heterocycles. The van der Waals surface area contributed by atoms with E-state index in [2.05, 4.69) is 20.2 Å². The molecule has 0 aliphatic rings. The highest BCUT2D eigenvalue weighted by atomic mass is 32.2. The topological polar surface area (TPSA) is 84.0 Å². The number of thiophene rings is 1. The number of aromatic nitrogens is 2. The molecule has 0 amide bonds. The normalized spacial score (nSPS) is 11.4. The van der Waals surface area contributed by atoms with Crippen molar-refractivity contribution < 1.29 is 8.42 Å². The summed E-state index contributed by atoms with van der Waals surface area (Å²) in [6.07, 6.45) is 1.49. The summed E-state index contributed by atoms with van der Waals surface area (Å²) in [6, 6.07) is 4.77. The zero-order valence-electron chi connectivity index (χ0n) is 10.3. The van der Waals surface area contributed by atoms with Gasteiger partial charge < -0.3 is 5.32 Å². The van der Waals surface area contributed by atoms with Gasteiger partial charge in [-0.05, 0) is 30.1 Å². The van der Waals surface area contributed by atoms with E-state index < -0.39 is 10.0 Å².